The lowest BCUT2D eigenvalue weighted by Gasteiger charge is -2.40. The molecule has 9 nitrogen and oxygen atoms in total. The van der Waals surface area contributed by atoms with Gasteiger partial charge in [-0.2, -0.15) is 9.57 Å². The summed E-state index contributed by atoms with van der Waals surface area (Å²) in [5.41, 5.74) is 3.12. The maximum absolute atomic E-state index is 15.9. The van der Waals surface area contributed by atoms with Crippen LogP contribution in [0.25, 0.3) is 22.2 Å². The van der Waals surface area contributed by atoms with Gasteiger partial charge in [0.25, 0.3) is 0 Å². The zero-order valence-electron chi connectivity index (χ0n) is 24.3. The predicted octanol–water partition coefficient (Wildman–Crippen LogP) is 5.23. The lowest BCUT2D eigenvalue weighted by molar-refractivity contribution is 0.176. The topological polar surface area (TPSA) is 114 Å². The Kier molecular flexibility index (Phi) is 8.67. The van der Waals surface area contributed by atoms with Crippen molar-refractivity contribution in [3.8, 4) is 17.3 Å². The van der Waals surface area contributed by atoms with Crippen molar-refractivity contribution < 1.29 is 22.3 Å². The van der Waals surface area contributed by atoms with Gasteiger partial charge in [0.1, 0.15) is 28.0 Å². The minimum Gasteiger partial charge on any atom is -0.395 e. The second-order valence-electron chi connectivity index (χ2n) is 10.7. The number of aliphatic hydroxyl groups excluding tert-OH is 1. The summed E-state index contributed by atoms with van der Waals surface area (Å²) in [7, 11) is -3.52. The molecule has 1 atom stereocenters. The van der Waals surface area contributed by atoms with Crippen LogP contribution in [0.3, 0.4) is 0 Å². The van der Waals surface area contributed by atoms with Crippen molar-refractivity contribution in [1.29, 1.82) is 5.26 Å². The van der Waals surface area contributed by atoms with Crippen LogP contribution in [-0.2, 0) is 10.0 Å². The molecule has 0 saturated carbocycles. The van der Waals surface area contributed by atoms with E-state index < -0.39 is 27.7 Å². The van der Waals surface area contributed by atoms with Gasteiger partial charge in [-0.3, -0.25) is 0 Å². The average molecular weight is 627 g/mol. The molecule has 4 aromatic rings. The second kappa shape index (κ2) is 12.1. The summed E-state index contributed by atoms with van der Waals surface area (Å²) in [6.07, 6.45) is 1.11. The van der Waals surface area contributed by atoms with E-state index in [-0.39, 0.29) is 31.1 Å². The fraction of sp³-hybridized carbons (Fsp3) is 0.367. The Balaban J connectivity index is 1.64. The van der Waals surface area contributed by atoms with Crippen molar-refractivity contribution in [1.82, 2.24) is 14.3 Å². The van der Waals surface area contributed by atoms with Gasteiger partial charge in [0.2, 0.25) is 10.0 Å². The van der Waals surface area contributed by atoms with Gasteiger partial charge in [0.05, 0.1) is 24.6 Å². The van der Waals surface area contributed by atoms with Gasteiger partial charge < -0.3 is 14.9 Å². The Morgan fingerprint density at radius 2 is 1.88 bits per heavy atom. The van der Waals surface area contributed by atoms with E-state index in [2.05, 4.69) is 11.1 Å². The van der Waals surface area contributed by atoms with E-state index in [1.54, 1.807) is 12.1 Å². The highest BCUT2D eigenvalue weighted by molar-refractivity contribution is 7.88. The Labute approximate surface area is 253 Å². The van der Waals surface area contributed by atoms with Crippen LogP contribution < -0.4 is 9.80 Å². The third-order valence-electron chi connectivity index (χ3n) is 7.54. The first-order chi connectivity index (χ1) is 20.4. The molecule has 2 aromatic carbocycles. The zero-order chi connectivity index (χ0) is 31.1. The molecule has 1 aliphatic rings. The molecule has 1 aliphatic heterocycles. The van der Waals surface area contributed by atoms with Crippen molar-refractivity contribution in [2.45, 2.75) is 32.7 Å². The molecular formula is C30H32F2N6O3S2. The van der Waals surface area contributed by atoms with Crippen LogP contribution in [0.1, 0.15) is 37.3 Å². The van der Waals surface area contributed by atoms with Crippen LogP contribution in [0.5, 0.6) is 0 Å². The van der Waals surface area contributed by atoms with Gasteiger partial charge in [-0.1, -0.05) is 25.2 Å². The van der Waals surface area contributed by atoms with Gasteiger partial charge in [-0.15, -0.1) is 0 Å². The fourth-order valence-corrected chi connectivity index (χ4v) is 7.40. The van der Waals surface area contributed by atoms with Crippen LogP contribution in [-0.4, -0.2) is 72.9 Å². The van der Waals surface area contributed by atoms with Gasteiger partial charge in [-0.05, 0) is 55.3 Å². The molecule has 1 N–H and O–H groups in total. The monoisotopic (exact) mass is 626 g/mol. The lowest BCUT2D eigenvalue weighted by atomic mass is 10.0. The highest BCUT2D eigenvalue weighted by Crippen LogP contribution is 2.41. The smallest absolute Gasteiger partial charge is 0.211 e. The molecule has 0 amide bonds. The first kappa shape index (κ1) is 30.7. The van der Waals surface area contributed by atoms with E-state index >= 15 is 4.39 Å². The quantitative estimate of drug-likeness (QED) is 0.283. The standard InChI is InChI=1S/C30H32F2N6O3S2/c1-5-37(30-35-28(27(15-33)42-30)19-6-8-20(31)9-7-19)26-14-25(18(2)3)34-29-23(26)12-21(13-24(29)32)36-10-11-38(43(4,40)41)22(16-36)17-39/h6-9,12-14,18,22,39H,5,10-11,16-17H2,1-4H3/t22-/m0/s1. The summed E-state index contributed by atoms with van der Waals surface area (Å²) in [6, 6.07) is 12.5. The molecule has 226 valence electrons. The normalized spacial score (nSPS) is 16.2. The first-order valence-corrected chi connectivity index (χ1v) is 16.5. The Morgan fingerprint density at radius 3 is 2.49 bits per heavy atom. The summed E-state index contributed by atoms with van der Waals surface area (Å²) in [6.45, 7) is 6.63. The molecule has 0 spiro atoms. The molecule has 0 aliphatic carbocycles. The fourth-order valence-electron chi connectivity index (χ4n) is 5.35. The number of hydrogen-bond acceptors (Lipinski definition) is 9. The number of fused-ring (bicyclic) bond motifs is 1. The number of sulfonamides is 1. The highest BCUT2D eigenvalue weighted by Gasteiger charge is 2.33. The number of hydrogen-bond donors (Lipinski definition) is 1. The number of thiazole rings is 1. The molecule has 0 radical (unpaired) electrons. The maximum atomic E-state index is 15.9. The van der Waals surface area contributed by atoms with Crippen molar-refractivity contribution in [3.05, 3.63) is 64.7 Å². The Bertz CT molecular complexity index is 1810. The minimum atomic E-state index is -3.52. The molecule has 0 bridgehead atoms. The van der Waals surface area contributed by atoms with E-state index in [4.69, 9.17) is 4.98 Å². The maximum Gasteiger partial charge on any atom is 0.211 e. The van der Waals surface area contributed by atoms with E-state index in [1.165, 1.54) is 33.8 Å². The molecule has 2 aromatic heterocycles. The lowest BCUT2D eigenvalue weighted by Crippen LogP contribution is -2.56. The largest absolute Gasteiger partial charge is 0.395 e. The number of anilines is 3. The highest BCUT2D eigenvalue weighted by atomic mass is 32.2. The molecule has 5 rings (SSSR count). The van der Waals surface area contributed by atoms with Gasteiger partial charge in [-0.25, -0.2) is 27.2 Å². The van der Waals surface area contributed by atoms with Crippen molar-refractivity contribution in [2.75, 3.05) is 48.8 Å². The summed E-state index contributed by atoms with van der Waals surface area (Å²) >= 11 is 1.20. The molecule has 0 unspecified atom stereocenters. The van der Waals surface area contributed by atoms with Crippen LogP contribution in [0.2, 0.25) is 0 Å². The van der Waals surface area contributed by atoms with E-state index in [9.17, 15) is 23.2 Å². The van der Waals surface area contributed by atoms with E-state index in [0.717, 1.165) is 6.26 Å². The van der Waals surface area contributed by atoms with E-state index in [0.29, 0.717) is 56.8 Å². The number of rotatable bonds is 8. The van der Waals surface area contributed by atoms with Crippen molar-refractivity contribution in [3.63, 3.8) is 0 Å². The number of halogens is 2. The predicted molar refractivity (Wildman–Crippen MR) is 165 cm³/mol. The van der Waals surface area contributed by atoms with Gasteiger partial charge in [0.15, 0.2) is 10.9 Å². The minimum absolute atomic E-state index is 0.00365. The number of aliphatic hydroxyl groups is 1. The number of nitrogens with zero attached hydrogens (tertiary/aromatic N) is 6. The Morgan fingerprint density at radius 1 is 1.16 bits per heavy atom. The van der Waals surface area contributed by atoms with E-state index in [1.807, 2.05) is 42.7 Å². The zero-order valence-corrected chi connectivity index (χ0v) is 25.9. The molecule has 1 saturated heterocycles. The Hall–Kier alpha value is -3.70. The van der Waals surface area contributed by atoms with Crippen LogP contribution >= 0.6 is 11.3 Å². The third-order valence-corrected chi connectivity index (χ3v) is 9.86. The molecular weight excluding hydrogens is 594 g/mol. The first-order valence-electron chi connectivity index (χ1n) is 13.9. The number of nitriles is 1. The molecule has 1 fully saturated rings. The second-order valence-corrected chi connectivity index (χ2v) is 13.7. The SMILES string of the molecule is CCN(c1nc(-c2ccc(F)cc2)c(C#N)s1)c1cc(C(C)C)nc2c(F)cc(N3CCN(S(C)(=O)=O)[C@H](CO)C3)cc12. The van der Waals surface area contributed by atoms with Gasteiger partial charge in [0, 0.05) is 48.5 Å². The summed E-state index contributed by atoms with van der Waals surface area (Å²) < 4.78 is 55.2. The number of aromatic nitrogens is 2. The van der Waals surface area contributed by atoms with Crippen LogP contribution in [0.4, 0.5) is 25.3 Å². The van der Waals surface area contributed by atoms with Crippen LogP contribution in [0, 0.1) is 23.0 Å². The number of benzene rings is 2. The molecule has 13 heteroatoms. The summed E-state index contributed by atoms with van der Waals surface area (Å²) in [5, 5.41) is 20.9. The molecule has 43 heavy (non-hydrogen) atoms. The average Bonchev–Trinajstić information content (AvgIpc) is 3.41. The third kappa shape index (κ3) is 6.05. The summed E-state index contributed by atoms with van der Waals surface area (Å²) in [4.78, 5) is 13.6. The van der Waals surface area contributed by atoms with Crippen molar-refractivity contribution >= 4 is 48.8 Å². The molecule has 3 heterocycles. The van der Waals surface area contributed by atoms with Gasteiger partial charge >= 0.3 is 0 Å². The van der Waals surface area contributed by atoms with Crippen LogP contribution in [0.15, 0.2) is 42.5 Å². The number of pyridine rings is 1. The number of piperazine rings is 1. The van der Waals surface area contributed by atoms with Crippen molar-refractivity contribution in [2.24, 2.45) is 0 Å². The summed E-state index contributed by atoms with van der Waals surface area (Å²) in [5.74, 6) is -0.920.